The number of carboxylic acid groups (broad SMARTS) is 1. The van der Waals surface area contributed by atoms with Gasteiger partial charge in [0.05, 0.1) is 6.42 Å². The Labute approximate surface area is 107 Å². The number of aliphatic carboxylic acids is 1. The Morgan fingerprint density at radius 2 is 2.17 bits per heavy atom. The SMILES string of the molecule is O=C(O)CCc1nccc(NC2CCCCC2)n1. The Kier molecular flexibility index (Phi) is 4.50. The number of hydrogen-bond acceptors (Lipinski definition) is 4. The number of hydrogen-bond donors (Lipinski definition) is 2. The van der Waals surface area contributed by atoms with Crippen molar-refractivity contribution in [3.63, 3.8) is 0 Å². The zero-order chi connectivity index (χ0) is 12.8. The molecule has 0 unspecified atom stereocenters. The van der Waals surface area contributed by atoms with Crippen LogP contribution < -0.4 is 5.32 Å². The van der Waals surface area contributed by atoms with Gasteiger partial charge in [-0.25, -0.2) is 9.97 Å². The second-order valence-electron chi connectivity index (χ2n) is 4.73. The van der Waals surface area contributed by atoms with E-state index in [1.165, 1.54) is 32.1 Å². The van der Waals surface area contributed by atoms with Crippen LogP contribution in [-0.4, -0.2) is 27.1 Å². The summed E-state index contributed by atoms with van der Waals surface area (Å²) in [5.41, 5.74) is 0. The Bertz CT molecular complexity index is 403. The summed E-state index contributed by atoms with van der Waals surface area (Å²) in [6, 6.07) is 2.35. The van der Waals surface area contributed by atoms with Crippen molar-refractivity contribution in [2.75, 3.05) is 5.32 Å². The van der Waals surface area contributed by atoms with Gasteiger partial charge >= 0.3 is 5.97 Å². The van der Waals surface area contributed by atoms with Crippen LogP contribution in [0.1, 0.15) is 44.3 Å². The van der Waals surface area contributed by atoms with Crippen LogP contribution >= 0.6 is 0 Å². The molecule has 0 atom stereocenters. The minimum atomic E-state index is -0.816. The van der Waals surface area contributed by atoms with Gasteiger partial charge in [-0.1, -0.05) is 19.3 Å². The monoisotopic (exact) mass is 249 g/mol. The van der Waals surface area contributed by atoms with Crippen LogP contribution in [0.5, 0.6) is 0 Å². The van der Waals surface area contributed by atoms with Gasteiger partial charge in [-0.15, -0.1) is 0 Å². The van der Waals surface area contributed by atoms with Gasteiger partial charge in [0.2, 0.25) is 0 Å². The summed E-state index contributed by atoms with van der Waals surface area (Å²) in [5, 5.41) is 12.0. The van der Waals surface area contributed by atoms with E-state index in [4.69, 9.17) is 5.11 Å². The van der Waals surface area contributed by atoms with E-state index in [1.54, 1.807) is 6.20 Å². The molecule has 98 valence electrons. The molecule has 1 aliphatic rings. The molecule has 1 saturated carbocycles. The molecule has 1 heterocycles. The van der Waals surface area contributed by atoms with E-state index in [1.807, 2.05) is 6.07 Å². The summed E-state index contributed by atoms with van der Waals surface area (Å²) in [7, 11) is 0. The minimum absolute atomic E-state index is 0.0763. The molecule has 1 fully saturated rings. The van der Waals surface area contributed by atoms with Crippen LogP contribution in [0.15, 0.2) is 12.3 Å². The molecule has 0 aliphatic heterocycles. The molecule has 18 heavy (non-hydrogen) atoms. The molecule has 0 saturated heterocycles. The predicted octanol–water partition coefficient (Wildman–Crippen LogP) is 2.24. The van der Waals surface area contributed by atoms with Crippen LogP contribution in [0.25, 0.3) is 0 Å². The molecule has 0 aromatic carbocycles. The quantitative estimate of drug-likeness (QED) is 0.837. The largest absolute Gasteiger partial charge is 0.481 e. The number of nitrogens with zero attached hydrogens (tertiary/aromatic N) is 2. The van der Waals surface area contributed by atoms with Crippen LogP contribution in [-0.2, 0) is 11.2 Å². The Balaban J connectivity index is 1.91. The van der Waals surface area contributed by atoms with Crippen LogP contribution in [0.3, 0.4) is 0 Å². The van der Waals surface area contributed by atoms with Gasteiger partial charge in [0, 0.05) is 18.7 Å². The molecule has 1 aromatic heterocycles. The van der Waals surface area contributed by atoms with E-state index in [2.05, 4.69) is 15.3 Å². The number of carbonyl (C=O) groups is 1. The van der Waals surface area contributed by atoms with Gasteiger partial charge in [0.1, 0.15) is 11.6 Å². The normalized spacial score (nSPS) is 16.4. The predicted molar refractivity (Wildman–Crippen MR) is 68.5 cm³/mol. The molecule has 0 bridgehead atoms. The van der Waals surface area contributed by atoms with E-state index in [-0.39, 0.29) is 6.42 Å². The first kappa shape index (κ1) is 12.8. The van der Waals surface area contributed by atoms with Crippen LogP contribution in [0.2, 0.25) is 0 Å². The molecular weight excluding hydrogens is 230 g/mol. The lowest BCUT2D eigenvalue weighted by Crippen LogP contribution is -2.23. The Morgan fingerprint density at radius 1 is 1.39 bits per heavy atom. The maximum absolute atomic E-state index is 10.5. The van der Waals surface area contributed by atoms with Crippen molar-refractivity contribution in [2.45, 2.75) is 51.0 Å². The molecule has 5 nitrogen and oxygen atoms in total. The fourth-order valence-electron chi connectivity index (χ4n) is 2.27. The van der Waals surface area contributed by atoms with Gasteiger partial charge < -0.3 is 10.4 Å². The minimum Gasteiger partial charge on any atom is -0.481 e. The molecule has 1 aromatic rings. The maximum Gasteiger partial charge on any atom is 0.303 e. The number of aryl methyl sites for hydroxylation is 1. The third-order valence-corrected chi connectivity index (χ3v) is 3.23. The van der Waals surface area contributed by atoms with E-state index in [9.17, 15) is 4.79 Å². The average Bonchev–Trinajstić information content (AvgIpc) is 2.38. The highest BCUT2D eigenvalue weighted by molar-refractivity contribution is 5.66. The molecule has 1 aliphatic carbocycles. The van der Waals surface area contributed by atoms with E-state index in [0.717, 1.165) is 5.82 Å². The second kappa shape index (κ2) is 6.33. The Hall–Kier alpha value is -1.65. The highest BCUT2D eigenvalue weighted by Crippen LogP contribution is 2.20. The lowest BCUT2D eigenvalue weighted by Gasteiger charge is -2.23. The van der Waals surface area contributed by atoms with E-state index in [0.29, 0.717) is 18.3 Å². The summed E-state index contributed by atoms with van der Waals surface area (Å²) in [6.07, 6.45) is 8.40. The van der Waals surface area contributed by atoms with Gasteiger partial charge in [0.15, 0.2) is 0 Å². The number of aromatic nitrogens is 2. The summed E-state index contributed by atoms with van der Waals surface area (Å²) >= 11 is 0. The number of nitrogens with one attached hydrogen (secondary N) is 1. The highest BCUT2D eigenvalue weighted by Gasteiger charge is 2.13. The van der Waals surface area contributed by atoms with Crippen molar-refractivity contribution in [1.29, 1.82) is 0 Å². The lowest BCUT2D eigenvalue weighted by atomic mass is 9.95. The second-order valence-corrected chi connectivity index (χ2v) is 4.73. The van der Waals surface area contributed by atoms with Crippen molar-refractivity contribution in [1.82, 2.24) is 9.97 Å². The molecule has 0 amide bonds. The average molecular weight is 249 g/mol. The summed E-state index contributed by atoms with van der Waals surface area (Å²) < 4.78 is 0. The lowest BCUT2D eigenvalue weighted by molar-refractivity contribution is -0.137. The van der Waals surface area contributed by atoms with Gasteiger partial charge in [-0.05, 0) is 18.9 Å². The molecule has 0 radical (unpaired) electrons. The standard InChI is InChI=1S/C13H19N3O2/c17-13(18)7-6-11-14-9-8-12(16-11)15-10-4-2-1-3-5-10/h8-10H,1-7H2,(H,17,18)(H,14,15,16). The summed E-state index contributed by atoms with van der Waals surface area (Å²) in [5.74, 6) is 0.597. The number of carboxylic acids is 1. The fourth-order valence-corrected chi connectivity index (χ4v) is 2.27. The van der Waals surface area contributed by atoms with Crippen molar-refractivity contribution in [3.05, 3.63) is 18.1 Å². The van der Waals surface area contributed by atoms with E-state index < -0.39 is 5.97 Å². The highest BCUT2D eigenvalue weighted by atomic mass is 16.4. The number of anilines is 1. The molecule has 5 heteroatoms. The maximum atomic E-state index is 10.5. The van der Waals surface area contributed by atoms with Crippen LogP contribution in [0, 0.1) is 0 Å². The van der Waals surface area contributed by atoms with Gasteiger partial charge in [-0.2, -0.15) is 0 Å². The van der Waals surface area contributed by atoms with Crippen molar-refractivity contribution in [3.8, 4) is 0 Å². The van der Waals surface area contributed by atoms with Crippen molar-refractivity contribution in [2.24, 2.45) is 0 Å². The van der Waals surface area contributed by atoms with E-state index >= 15 is 0 Å². The van der Waals surface area contributed by atoms with Gasteiger partial charge in [-0.3, -0.25) is 4.79 Å². The first-order valence-corrected chi connectivity index (χ1v) is 6.54. The third-order valence-electron chi connectivity index (χ3n) is 3.23. The first-order valence-electron chi connectivity index (χ1n) is 6.54. The smallest absolute Gasteiger partial charge is 0.303 e. The Morgan fingerprint density at radius 3 is 2.89 bits per heavy atom. The number of rotatable bonds is 5. The summed E-state index contributed by atoms with van der Waals surface area (Å²) in [6.45, 7) is 0. The molecule has 0 spiro atoms. The fraction of sp³-hybridized carbons (Fsp3) is 0.615. The third kappa shape index (κ3) is 3.98. The molecular formula is C13H19N3O2. The zero-order valence-electron chi connectivity index (χ0n) is 10.4. The zero-order valence-corrected chi connectivity index (χ0v) is 10.4. The topological polar surface area (TPSA) is 75.1 Å². The van der Waals surface area contributed by atoms with Gasteiger partial charge in [0.25, 0.3) is 0 Å². The van der Waals surface area contributed by atoms with Crippen LogP contribution in [0.4, 0.5) is 5.82 Å². The summed E-state index contributed by atoms with van der Waals surface area (Å²) in [4.78, 5) is 18.9. The van der Waals surface area contributed by atoms with Crippen molar-refractivity contribution >= 4 is 11.8 Å². The molecule has 2 N–H and O–H groups in total. The molecule has 2 rings (SSSR count). The van der Waals surface area contributed by atoms with Crippen molar-refractivity contribution < 1.29 is 9.90 Å². The first-order chi connectivity index (χ1) is 8.74.